The van der Waals surface area contributed by atoms with Crippen LogP contribution in [0, 0.1) is 5.92 Å². The Labute approximate surface area is 173 Å². The first kappa shape index (κ1) is 21.6. The van der Waals surface area contributed by atoms with Crippen molar-refractivity contribution in [1.82, 2.24) is 10.2 Å². The fourth-order valence-electron chi connectivity index (χ4n) is 4.47. The Hall–Kier alpha value is -2.08. The molecular formula is C23H34N2O4. The first-order valence-corrected chi connectivity index (χ1v) is 10.9. The van der Waals surface area contributed by atoms with Gasteiger partial charge in [0.2, 0.25) is 5.91 Å². The molecule has 0 spiro atoms. The molecule has 2 atom stereocenters. The molecule has 2 unspecified atom stereocenters. The minimum atomic E-state index is -0.180. The summed E-state index contributed by atoms with van der Waals surface area (Å²) < 4.78 is 10.7. The highest BCUT2D eigenvalue weighted by molar-refractivity contribution is 5.77. The third-order valence-electron chi connectivity index (χ3n) is 6.12. The zero-order valence-corrected chi connectivity index (χ0v) is 17.5. The van der Waals surface area contributed by atoms with E-state index in [4.69, 9.17) is 9.47 Å². The van der Waals surface area contributed by atoms with Crippen molar-refractivity contribution < 1.29 is 19.1 Å². The molecule has 0 saturated carbocycles. The largest absolute Gasteiger partial charge is 0.497 e. The maximum atomic E-state index is 12.1. The van der Waals surface area contributed by atoms with E-state index in [2.05, 4.69) is 10.2 Å². The van der Waals surface area contributed by atoms with Crippen LogP contribution in [0.1, 0.15) is 56.9 Å². The summed E-state index contributed by atoms with van der Waals surface area (Å²) in [5.41, 5.74) is 1.02. The van der Waals surface area contributed by atoms with Gasteiger partial charge in [-0.1, -0.05) is 18.6 Å². The molecule has 2 saturated heterocycles. The van der Waals surface area contributed by atoms with E-state index in [1.807, 2.05) is 24.3 Å². The van der Waals surface area contributed by atoms with Crippen LogP contribution in [0.25, 0.3) is 0 Å². The van der Waals surface area contributed by atoms with E-state index in [9.17, 15) is 9.59 Å². The summed E-state index contributed by atoms with van der Waals surface area (Å²) in [4.78, 5) is 26.7. The van der Waals surface area contributed by atoms with Gasteiger partial charge >= 0.3 is 5.97 Å². The summed E-state index contributed by atoms with van der Waals surface area (Å²) in [6.07, 6.45) is 7.34. The lowest BCUT2D eigenvalue weighted by atomic mass is 9.84. The van der Waals surface area contributed by atoms with Gasteiger partial charge < -0.3 is 14.8 Å². The van der Waals surface area contributed by atoms with Gasteiger partial charge in [0.1, 0.15) is 5.75 Å². The first-order chi connectivity index (χ1) is 14.2. The number of esters is 1. The van der Waals surface area contributed by atoms with E-state index in [1.165, 1.54) is 38.8 Å². The average molecular weight is 403 g/mol. The fourth-order valence-corrected chi connectivity index (χ4v) is 4.47. The topological polar surface area (TPSA) is 67.9 Å². The van der Waals surface area contributed by atoms with Gasteiger partial charge in [0.15, 0.2) is 0 Å². The summed E-state index contributed by atoms with van der Waals surface area (Å²) in [5.74, 6) is 1.04. The van der Waals surface area contributed by atoms with E-state index in [0.29, 0.717) is 44.4 Å². The van der Waals surface area contributed by atoms with Crippen LogP contribution in [-0.2, 0) is 20.9 Å². The predicted molar refractivity (Wildman–Crippen MR) is 112 cm³/mol. The summed E-state index contributed by atoms with van der Waals surface area (Å²) >= 11 is 0. The highest BCUT2D eigenvalue weighted by atomic mass is 16.5. The molecule has 0 aromatic heterocycles. The van der Waals surface area contributed by atoms with Crippen molar-refractivity contribution in [3.05, 3.63) is 29.8 Å². The second kappa shape index (κ2) is 11.2. The second-order valence-electron chi connectivity index (χ2n) is 8.16. The van der Waals surface area contributed by atoms with Crippen molar-refractivity contribution in [2.45, 2.75) is 64.0 Å². The van der Waals surface area contributed by atoms with Crippen LogP contribution in [0.5, 0.6) is 5.75 Å². The smallest absolute Gasteiger partial charge is 0.305 e. The molecule has 29 heavy (non-hydrogen) atoms. The Bertz CT molecular complexity index is 659. The summed E-state index contributed by atoms with van der Waals surface area (Å²) in [5, 5.41) is 2.89. The number of ether oxygens (including phenoxy) is 2. The molecule has 6 heteroatoms. The summed E-state index contributed by atoms with van der Waals surface area (Å²) in [6.45, 7) is 3.40. The van der Waals surface area contributed by atoms with Gasteiger partial charge in [-0.15, -0.1) is 0 Å². The van der Waals surface area contributed by atoms with E-state index in [0.717, 1.165) is 17.7 Å². The number of methoxy groups -OCH3 is 1. The number of nitrogens with zero attached hydrogens (tertiary/aromatic N) is 1. The van der Waals surface area contributed by atoms with Crippen LogP contribution in [0.3, 0.4) is 0 Å². The Kier molecular flexibility index (Phi) is 8.35. The summed E-state index contributed by atoms with van der Waals surface area (Å²) in [6, 6.07) is 8.19. The lowest BCUT2D eigenvalue weighted by Crippen LogP contribution is -2.49. The Morgan fingerprint density at radius 1 is 1.07 bits per heavy atom. The molecule has 6 nitrogen and oxygen atoms in total. The number of fused-ring (bicyclic) bond motifs is 1. The first-order valence-electron chi connectivity index (χ1n) is 10.9. The molecule has 1 aromatic carbocycles. The molecule has 0 bridgehead atoms. The zero-order valence-electron chi connectivity index (χ0n) is 17.5. The van der Waals surface area contributed by atoms with E-state index in [-0.39, 0.29) is 11.9 Å². The molecule has 2 aliphatic heterocycles. The molecular weight excluding hydrogens is 368 g/mol. The maximum absolute atomic E-state index is 12.1. The zero-order chi connectivity index (χ0) is 20.5. The van der Waals surface area contributed by atoms with Crippen LogP contribution in [-0.4, -0.2) is 49.6 Å². The molecule has 1 N–H and O–H groups in total. The number of carbonyl (C=O) groups excluding carboxylic acids is 2. The molecule has 160 valence electrons. The third kappa shape index (κ3) is 6.74. The number of piperidine rings is 2. The quantitative estimate of drug-likeness (QED) is 0.642. The van der Waals surface area contributed by atoms with Gasteiger partial charge in [0.25, 0.3) is 0 Å². The monoisotopic (exact) mass is 402 g/mol. The second-order valence-corrected chi connectivity index (χ2v) is 8.16. The number of rotatable bonds is 9. The van der Waals surface area contributed by atoms with Crippen LogP contribution >= 0.6 is 0 Å². The number of benzene rings is 1. The van der Waals surface area contributed by atoms with Crippen molar-refractivity contribution >= 4 is 11.9 Å². The number of hydrogen-bond donors (Lipinski definition) is 1. The number of nitrogens with one attached hydrogen (secondary N) is 1. The van der Waals surface area contributed by atoms with Gasteiger partial charge in [-0.05, 0) is 62.9 Å². The maximum Gasteiger partial charge on any atom is 0.305 e. The molecule has 2 fully saturated rings. The fraction of sp³-hybridized carbons (Fsp3) is 0.652. The Morgan fingerprint density at radius 2 is 1.86 bits per heavy atom. The van der Waals surface area contributed by atoms with Crippen LogP contribution in [0.2, 0.25) is 0 Å². The number of carbonyl (C=O) groups is 2. The summed E-state index contributed by atoms with van der Waals surface area (Å²) in [7, 11) is 1.63. The van der Waals surface area contributed by atoms with Gasteiger partial charge in [-0.2, -0.15) is 0 Å². The standard InChI is InChI=1S/C23H34N2O4/c1-28-20-12-10-18(11-13-20)16-24-22(26)8-4-9-23(27)29-17-19-6-5-15-25-14-3-2-7-21(19)25/h10-13,19,21H,2-9,14-17H2,1H3,(H,24,26). The van der Waals surface area contributed by atoms with Crippen LogP contribution < -0.4 is 10.1 Å². The van der Waals surface area contributed by atoms with E-state index in [1.54, 1.807) is 7.11 Å². The molecule has 1 amide bonds. The van der Waals surface area contributed by atoms with Crippen molar-refractivity contribution in [3.63, 3.8) is 0 Å². The molecule has 2 aliphatic rings. The van der Waals surface area contributed by atoms with Gasteiger partial charge in [-0.25, -0.2) is 0 Å². The lowest BCUT2D eigenvalue weighted by Gasteiger charge is -2.44. The molecule has 2 heterocycles. The van der Waals surface area contributed by atoms with Gasteiger partial charge in [0.05, 0.1) is 13.7 Å². The van der Waals surface area contributed by atoms with Crippen molar-refractivity contribution in [2.75, 3.05) is 26.8 Å². The minimum absolute atomic E-state index is 0.0428. The van der Waals surface area contributed by atoms with Gasteiger partial charge in [-0.3, -0.25) is 14.5 Å². The number of amides is 1. The molecule has 3 rings (SSSR count). The lowest BCUT2D eigenvalue weighted by molar-refractivity contribution is -0.146. The van der Waals surface area contributed by atoms with E-state index >= 15 is 0 Å². The molecule has 1 aromatic rings. The number of hydrogen-bond acceptors (Lipinski definition) is 5. The van der Waals surface area contributed by atoms with E-state index < -0.39 is 0 Å². The van der Waals surface area contributed by atoms with Crippen molar-refractivity contribution in [2.24, 2.45) is 5.92 Å². The van der Waals surface area contributed by atoms with Crippen molar-refractivity contribution in [3.8, 4) is 5.75 Å². The van der Waals surface area contributed by atoms with Gasteiger partial charge in [0, 0.05) is 31.3 Å². The van der Waals surface area contributed by atoms with Crippen molar-refractivity contribution in [1.29, 1.82) is 0 Å². The SMILES string of the molecule is COc1ccc(CNC(=O)CCCC(=O)OCC2CCCN3CCCCC23)cc1. The predicted octanol–water partition coefficient (Wildman–Crippen LogP) is 3.29. The normalized spacial score (nSPS) is 21.8. The third-order valence-corrected chi connectivity index (χ3v) is 6.12. The van der Waals surface area contributed by atoms with Crippen LogP contribution in [0.4, 0.5) is 0 Å². The average Bonchev–Trinajstić information content (AvgIpc) is 2.76. The Morgan fingerprint density at radius 3 is 2.66 bits per heavy atom. The highest BCUT2D eigenvalue weighted by Gasteiger charge is 2.33. The van der Waals surface area contributed by atoms with Crippen LogP contribution in [0.15, 0.2) is 24.3 Å². The Balaban J connectivity index is 1.28. The highest BCUT2D eigenvalue weighted by Crippen LogP contribution is 2.31. The molecule has 0 aliphatic carbocycles. The molecule has 0 radical (unpaired) electrons. The minimum Gasteiger partial charge on any atom is -0.497 e.